The highest BCUT2D eigenvalue weighted by molar-refractivity contribution is 5.19. The third kappa shape index (κ3) is 7.60. The summed E-state index contributed by atoms with van der Waals surface area (Å²) in [4.78, 5) is 2.75. The van der Waals surface area contributed by atoms with E-state index in [4.69, 9.17) is 0 Å². The second kappa shape index (κ2) is 11.8. The van der Waals surface area contributed by atoms with Crippen LogP contribution in [0.5, 0.6) is 0 Å². The highest BCUT2D eigenvalue weighted by Gasteiger charge is 2.51. The second-order valence-corrected chi connectivity index (χ2v) is 11.9. The molecule has 0 radical (unpaired) electrons. The van der Waals surface area contributed by atoms with Crippen molar-refractivity contribution in [1.29, 1.82) is 0 Å². The Balaban J connectivity index is 2.01. The molecular formula is C29H52N2. The van der Waals surface area contributed by atoms with Crippen LogP contribution in [0.2, 0.25) is 0 Å². The molecule has 2 heteroatoms. The molecule has 1 N–H and O–H groups in total. The van der Waals surface area contributed by atoms with E-state index >= 15 is 0 Å². The maximum absolute atomic E-state index is 3.57. The van der Waals surface area contributed by atoms with Crippen molar-refractivity contribution in [3.05, 3.63) is 34.9 Å². The van der Waals surface area contributed by atoms with E-state index in [1.165, 1.54) is 62.8 Å². The molecule has 0 aromatic carbocycles. The van der Waals surface area contributed by atoms with Gasteiger partial charge < -0.3 is 5.32 Å². The van der Waals surface area contributed by atoms with Gasteiger partial charge in [0.2, 0.25) is 0 Å². The predicted molar refractivity (Wildman–Crippen MR) is 138 cm³/mol. The number of rotatable bonds is 11. The quantitative estimate of drug-likeness (QED) is 0.272. The number of hydrogen-bond acceptors (Lipinski definition) is 2. The molecule has 0 unspecified atom stereocenters. The largest absolute Gasteiger partial charge is 0.313 e. The number of nitrogens with one attached hydrogen (secondary N) is 1. The summed E-state index contributed by atoms with van der Waals surface area (Å²) in [5, 5.41) is 3.57. The van der Waals surface area contributed by atoms with Crippen LogP contribution >= 0.6 is 0 Å². The van der Waals surface area contributed by atoms with E-state index < -0.39 is 0 Å². The fourth-order valence-electron chi connectivity index (χ4n) is 6.28. The summed E-state index contributed by atoms with van der Waals surface area (Å²) in [6.45, 7) is 24.6. The maximum Gasteiger partial charge on any atom is 0.0165 e. The van der Waals surface area contributed by atoms with E-state index in [0.29, 0.717) is 16.7 Å². The number of unbranched alkanes of at least 4 members (excludes halogenated alkanes) is 1. The topological polar surface area (TPSA) is 15.3 Å². The van der Waals surface area contributed by atoms with Crippen LogP contribution in [-0.2, 0) is 0 Å². The average Bonchev–Trinajstić information content (AvgIpc) is 2.66. The molecule has 31 heavy (non-hydrogen) atoms. The zero-order valence-corrected chi connectivity index (χ0v) is 22.1. The number of nitrogens with zero attached hydrogens (tertiary/aromatic N) is 1. The molecule has 3 atom stereocenters. The van der Waals surface area contributed by atoms with Gasteiger partial charge in [-0.2, -0.15) is 0 Å². The molecule has 0 amide bonds. The van der Waals surface area contributed by atoms with Crippen LogP contribution < -0.4 is 5.32 Å². The molecule has 0 aromatic rings. The van der Waals surface area contributed by atoms with Crippen molar-refractivity contribution in [2.75, 3.05) is 32.7 Å². The van der Waals surface area contributed by atoms with Crippen LogP contribution in [-0.4, -0.2) is 37.6 Å². The minimum Gasteiger partial charge on any atom is -0.313 e. The van der Waals surface area contributed by atoms with Crippen LogP contribution in [0.1, 0.15) is 93.9 Å². The lowest BCUT2D eigenvalue weighted by atomic mass is 9.48. The SMILES string of the molecule is CC(C)=CCNCCCCN(CC=C(C)C)C[C@H]1C(C)=CC[C@H]2C(C)(C)CCC[C@]12C. The molecule has 2 rings (SSSR count). The molecule has 2 aliphatic carbocycles. The van der Waals surface area contributed by atoms with E-state index in [-0.39, 0.29) is 0 Å². The second-order valence-electron chi connectivity index (χ2n) is 11.9. The van der Waals surface area contributed by atoms with Crippen LogP contribution in [0.3, 0.4) is 0 Å². The van der Waals surface area contributed by atoms with E-state index in [0.717, 1.165) is 25.6 Å². The van der Waals surface area contributed by atoms with Gasteiger partial charge in [0.25, 0.3) is 0 Å². The molecule has 0 aromatic heterocycles. The minimum atomic E-state index is 0.454. The van der Waals surface area contributed by atoms with E-state index in [2.05, 4.69) is 83.8 Å². The van der Waals surface area contributed by atoms with Crippen molar-refractivity contribution < 1.29 is 0 Å². The van der Waals surface area contributed by atoms with Gasteiger partial charge >= 0.3 is 0 Å². The summed E-state index contributed by atoms with van der Waals surface area (Å²) in [5.74, 6) is 1.53. The van der Waals surface area contributed by atoms with Crippen LogP contribution in [0.15, 0.2) is 34.9 Å². The van der Waals surface area contributed by atoms with Gasteiger partial charge in [-0.3, -0.25) is 4.90 Å². The highest BCUT2D eigenvalue weighted by atomic mass is 15.1. The van der Waals surface area contributed by atoms with Gasteiger partial charge in [0.1, 0.15) is 0 Å². The van der Waals surface area contributed by atoms with Gasteiger partial charge in [0.15, 0.2) is 0 Å². The smallest absolute Gasteiger partial charge is 0.0165 e. The van der Waals surface area contributed by atoms with Gasteiger partial charge in [-0.1, -0.05) is 62.1 Å². The predicted octanol–water partition coefficient (Wildman–Crippen LogP) is 7.39. The molecule has 0 heterocycles. The normalized spacial score (nSPS) is 27.5. The van der Waals surface area contributed by atoms with Gasteiger partial charge in [0.05, 0.1) is 0 Å². The Morgan fingerprint density at radius 3 is 2.45 bits per heavy atom. The first kappa shape index (κ1) is 26.4. The fourth-order valence-corrected chi connectivity index (χ4v) is 6.28. The molecule has 2 nitrogen and oxygen atoms in total. The number of allylic oxidation sites excluding steroid dienone is 3. The highest BCUT2D eigenvalue weighted by Crippen LogP contribution is 2.59. The van der Waals surface area contributed by atoms with Crippen LogP contribution in [0.25, 0.3) is 0 Å². The molecule has 178 valence electrons. The third-order valence-corrected chi connectivity index (χ3v) is 8.23. The number of hydrogen-bond donors (Lipinski definition) is 1. The van der Waals surface area contributed by atoms with Crippen molar-refractivity contribution in [1.82, 2.24) is 10.2 Å². The zero-order valence-electron chi connectivity index (χ0n) is 22.1. The van der Waals surface area contributed by atoms with Gasteiger partial charge in [-0.15, -0.1) is 0 Å². The van der Waals surface area contributed by atoms with Crippen molar-refractivity contribution in [3.8, 4) is 0 Å². The Bertz CT molecular complexity index is 646. The van der Waals surface area contributed by atoms with Crippen molar-refractivity contribution in [2.45, 2.75) is 93.9 Å². The molecule has 0 saturated heterocycles. The standard InChI is InChI=1S/C29H52N2/c1-23(2)14-19-30-18-9-10-20-31(21-15-24(3)4)22-26-25(5)12-13-27-28(6,7)16-11-17-29(26,27)8/h12,14-15,26-27,30H,9-11,13,16-22H2,1-8H3/t26-,27-,29+/m0/s1. The fraction of sp³-hybridized carbons (Fsp3) is 0.793. The van der Waals surface area contributed by atoms with E-state index in [1.807, 2.05) is 0 Å². The molecule has 0 aliphatic heterocycles. The van der Waals surface area contributed by atoms with Gasteiger partial charge in [-0.25, -0.2) is 0 Å². The number of fused-ring (bicyclic) bond motifs is 1. The molecule has 1 fully saturated rings. The lowest BCUT2D eigenvalue weighted by Crippen LogP contribution is -2.51. The summed E-state index contributed by atoms with van der Waals surface area (Å²) in [5.41, 5.74) is 5.42. The average molecular weight is 429 g/mol. The summed E-state index contributed by atoms with van der Waals surface area (Å²) < 4.78 is 0. The molecule has 0 bridgehead atoms. The summed E-state index contributed by atoms with van der Waals surface area (Å²) in [6, 6.07) is 0. The molecule has 1 saturated carbocycles. The Labute approximate surface area is 194 Å². The van der Waals surface area contributed by atoms with E-state index in [1.54, 1.807) is 5.57 Å². The monoisotopic (exact) mass is 428 g/mol. The van der Waals surface area contributed by atoms with Crippen molar-refractivity contribution in [2.24, 2.45) is 22.7 Å². The van der Waals surface area contributed by atoms with Crippen molar-refractivity contribution in [3.63, 3.8) is 0 Å². The molecule has 2 aliphatic rings. The zero-order chi connectivity index (χ0) is 23.1. The lowest BCUT2D eigenvalue weighted by molar-refractivity contribution is -0.0448. The molecular weight excluding hydrogens is 376 g/mol. The lowest BCUT2D eigenvalue weighted by Gasteiger charge is -2.57. The van der Waals surface area contributed by atoms with Crippen LogP contribution in [0, 0.1) is 22.7 Å². The maximum atomic E-state index is 3.57. The summed E-state index contributed by atoms with van der Waals surface area (Å²) in [7, 11) is 0. The summed E-state index contributed by atoms with van der Waals surface area (Å²) in [6.07, 6.45) is 15.3. The Kier molecular flexibility index (Phi) is 10.1. The minimum absolute atomic E-state index is 0.454. The Hall–Kier alpha value is -0.860. The third-order valence-electron chi connectivity index (χ3n) is 8.23. The summed E-state index contributed by atoms with van der Waals surface area (Å²) >= 11 is 0. The Morgan fingerprint density at radius 1 is 1.06 bits per heavy atom. The van der Waals surface area contributed by atoms with Gasteiger partial charge in [0, 0.05) is 19.6 Å². The van der Waals surface area contributed by atoms with E-state index in [9.17, 15) is 0 Å². The first-order valence-electron chi connectivity index (χ1n) is 12.9. The van der Waals surface area contributed by atoms with Gasteiger partial charge in [-0.05, 0) is 102 Å². The Morgan fingerprint density at radius 2 is 1.77 bits per heavy atom. The van der Waals surface area contributed by atoms with Crippen molar-refractivity contribution >= 4 is 0 Å². The first-order chi connectivity index (χ1) is 14.6. The van der Waals surface area contributed by atoms with Crippen LogP contribution in [0.4, 0.5) is 0 Å². The first-order valence-corrected chi connectivity index (χ1v) is 12.9. The molecule has 0 spiro atoms.